The molecular weight excluding hydrogens is 566 g/mol. The van der Waals surface area contributed by atoms with Crippen molar-refractivity contribution >= 4 is 37.9 Å². The molecule has 4 rings (SSSR count). The summed E-state index contributed by atoms with van der Waals surface area (Å²) in [5.41, 5.74) is 4.26. The number of hydrogen-bond acceptors (Lipinski definition) is 16. The fraction of sp³-hybridized carbons (Fsp3) is 0.688. The van der Waals surface area contributed by atoms with E-state index in [1.54, 1.807) is 0 Å². The summed E-state index contributed by atoms with van der Waals surface area (Å²) in [6.45, 7) is 0.290. The number of hydrogen-bond donors (Lipinski definition) is 7. The Morgan fingerprint density at radius 2 is 1.76 bits per heavy atom. The molecule has 2 aromatic heterocycles. The van der Waals surface area contributed by atoms with Crippen molar-refractivity contribution in [3.63, 3.8) is 0 Å². The topological polar surface area (TPSA) is 305 Å². The number of nitrogens with zero attached hydrogens (tertiary/aromatic N) is 3. The largest absolute Gasteiger partial charge is 0.397 e. The SMILES string of the molecule is CC1OC(OC2C(COS(=O)(=O)O)OC(n3cnc4c(=O)[nH]c(N)nc43)C2OS(=O)(=O)O)C(O)C(O)C1O. The normalized spacial score (nSPS) is 34.6. The van der Waals surface area contributed by atoms with Crippen LogP contribution < -0.4 is 11.3 Å². The second kappa shape index (κ2) is 10.3. The highest BCUT2D eigenvalue weighted by molar-refractivity contribution is 7.81. The molecule has 0 amide bonds. The third-order valence-corrected chi connectivity index (χ3v) is 6.62. The van der Waals surface area contributed by atoms with Gasteiger partial charge in [-0.3, -0.25) is 23.5 Å². The third kappa shape index (κ3) is 5.95. The van der Waals surface area contributed by atoms with E-state index in [9.17, 15) is 41.5 Å². The minimum Gasteiger partial charge on any atom is -0.388 e. The second-order valence-corrected chi connectivity index (χ2v) is 10.5. The number of aromatic amines is 1. The molecule has 2 aliphatic heterocycles. The van der Waals surface area contributed by atoms with Crippen molar-refractivity contribution in [3.05, 3.63) is 16.7 Å². The minimum atomic E-state index is -5.29. The van der Waals surface area contributed by atoms with Crippen LogP contribution in [-0.4, -0.2) is 116 Å². The van der Waals surface area contributed by atoms with Gasteiger partial charge < -0.3 is 35.3 Å². The van der Waals surface area contributed by atoms with E-state index in [0.29, 0.717) is 0 Å². The van der Waals surface area contributed by atoms with Crippen molar-refractivity contribution in [3.8, 4) is 0 Å². The maximum atomic E-state index is 12.2. The third-order valence-electron chi connectivity index (χ3n) is 5.72. The number of ether oxygens (including phenoxy) is 3. The van der Waals surface area contributed by atoms with Gasteiger partial charge in [0.2, 0.25) is 5.95 Å². The number of aliphatic hydroxyl groups excluding tert-OH is 3. The van der Waals surface area contributed by atoms with Crippen LogP contribution in [0.3, 0.4) is 0 Å². The highest BCUT2D eigenvalue weighted by Crippen LogP contribution is 2.38. The van der Waals surface area contributed by atoms with Crippen LogP contribution in [-0.2, 0) is 43.4 Å². The number of imidazole rings is 1. The van der Waals surface area contributed by atoms with E-state index in [0.717, 1.165) is 10.9 Å². The molecule has 20 nitrogen and oxygen atoms in total. The Balaban J connectivity index is 1.77. The molecule has 4 heterocycles. The van der Waals surface area contributed by atoms with Crippen LogP contribution in [0.1, 0.15) is 13.2 Å². The first kappa shape index (κ1) is 28.7. The molecule has 0 spiro atoms. The Morgan fingerprint density at radius 1 is 1.08 bits per heavy atom. The van der Waals surface area contributed by atoms with Crippen LogP contribution in [0.5, 0.6) is 0 Å². The Bertz CT molecular complexity index is 1440. The lowest BCUT2D eigenvalue weighted by molar-refractivity contribution is -0.310. The summed E-state index contributed by atoms with van der Waals surface area (Å²) in [5.74, 6) is -0.367. The molecule has 38 heavy (non-hydrogen) atoms. The molecule has 9 unspecified atom stereocenters. The van der Waals surface area contributed by atoms with E-state index in [1.165, 1.54) is 6.92 Å². The van der Waals surface area contributed by atoms with E-state index >= 15 is 0 Å². The lowest BCUT2D eigenvalue weighted by atomic mass is 10.00. The Labute approximate surface area is 212 Å². The summed E-state index contributed by atoms with van der Waals surface area (Å²) in [6.07, 6.45) is -14.3. The number of H-pyrrole nitrogens is 1. The standard InChI is InChI=1S/C16H23N5O15S2/c1-4-7(22)8(23)9(24)15(33-4)35-10-5(2-32-37(26,27)28)34-14(11(10)36-38(29,30)31)21-3-18-6-12(21)19-16(17)20-13(6)25/h3-5,7-11,14-15,22-24H,2H2,1H3,(H,26,27,28)(H,29,30,31)(H3,17,19,20,25). The van der Waals surface area contributed by atoms with Crippen LogP contribution in [0.2, 0.25) is 0 Å². The van der Waals surface area contributed by atoms with E-state index in [-0.39, 0.29) is 17.1 Å². The van der Waals surface area contributed by atoms with Crippen molar-refractivity contribution in [1.82, 2.24) is 19.5 Å². The number of fused-ring (bicyclic) bond motifs is 1. The van der Waals surface area contributed by atoms with Crippen molar-refractivity contribution in [2.75, 3.05) is 12.3 Å². The smallest absolute Gasteiger partial charge is 0.388 e. The molecule has 2 fully saturated rings. The van der Waals surface area contributed by atoms with Gasteiger partial charge in [0.1, 0.15) is 30.5 Å². The van der Waals surface area contributed by atoms with Gasteiger partial charge in [0.25, 0.3) is 5.56 Å². The highest BCUT2D eigenvalue weighted by Gasteiger charge is 2.53. The van der Waals surface area contributed by atoms with Gasteiger partial charge in [-0.05, 0) is 6.92 Å². The molecule has 2 aromatic rings. The van der Waals surface area contributed by atoms with Gasteiger partial charge in [0.15, 0.2) is 29.8 Å². The minimum absolute atomic E-state index is 0.253. The number of aromatic nitrogens is 4. The molecule has 0 radical (unpaired) electrons. The molecular formula is C16H23N5O15S2. The summed E-state index contributed by atoms with van der Waals surface area (Å²) >= 11 is 0. The predicted molar refractivity (Wildman–Crippen MR) is 118 cm³/mol. The zero-order valence-electron chi connectivity index (χ0n) is 19.0. The van der Waals surface area contributed by atoms with Gasteiger partial charge in [-0.15, -0.1) is 0 Å². The molecule has 8 N–H and O–H groups in total. The quantitative estimate of drug-likeness (QED) is 0.144. The predicted octanol–water partition coefficient (Wildman–Crippen LogP) is -4.18. The average molecular weight is 590 g/mol. The van der Waals surface area contributed by atoms with Crippen molar-refractivity contribution in [2.45, 2.75) is 62.2 Å². The maximum Gasteiger partial charge on any atom is 0.397 e. The molecule has 22 heteroatoms. The number of nitrogen functional groups attached to an aromatic ring is 1. The Kier molecular flexibility index (Phi) is 7.78. The van der Waals surface area contributed by atoms with Crippen molar-refractivity contribution < 1.29 is 63.8 Å². The fourth-order valence-electron chi connectivity index (χ4n) is 4.04. The van der Waals surface area contributed by atoms with Crippen LogP contribution in [0.4, 0.5) is 5.95 Å². The number of anilines is 1. The van der Waals surface area contributed by atoms with E-state index in [1.807, 2.05) is 0 Å². The first-order valence-corrected chi connectivity index (χ1v) is 13.3. The summed E-state index contributed by atoms with van der Waals surface area (Å²) in [4.78, 5) is 22.1. The fourth-order valence-corrected chi connectivity index (χ4v) is 4.83. The van der Waals surface area contributed by atoms with Crippen LogP contribution >= 0.6 is 0 Å². The molecule has 0 aromatic carbocycles. The molecule has 2 aliphatic rings. The molecule has 2 saturated heterocycles. The monoisotopic (exact) mass is 589 g/mol. The van der Waals surface area contributed by atoms with Gasteiger partial charge in [-0.2, -0.15) is 21.8 Å². The molecule has 0 aliphatic carbocycles. The van der Waals surface area contributed by atoms with E-state index < -0.39 is 88.2 Å². The van der Waals surface area contributed by atoms with Gasteiger partial charge in [-0.1, -0.05) is 0 Å². The van der Waals surface area contributed by atoms with Gasteiger partial charge in [-0.25, -0.2) is 13.4 Å². The molecule has 0 bridgehead atoms. The van der Waals surface area contributed by atoms with Gasteiger partial charge in [0, 0.05) is 0 Å². The highest BCUT2D eigenvalue weighted by atomic mass is 32.3. The summed E-state index contributed by atoms with van der Waals surface area (Å²) in [5, 5.41) is 30.4. The number of rotatable bonds is 8. The number of nitrogens with two attached hydrogens (primary N) is 1. The van der Waals surface area contributed by atoms with Crippen molar-refractivity contribution in [1.29, 1.82) is 0 Å². The maximum absolute atomic E-state index is 12.2. The number of aliphatic hydroxyl groups is 3. The zero-order chi connectivity index (χ0) is 28.2. The van der Waals surface area contributed by atoms with E-state index in [4.69, 9.17) is 28.7 Å². The average Bonchev–Trinajstić information content (AvgIpc) is 3.34. The van der Waals surface area contributed by atoms with Crippen molar-refractivity contribution in [2.24, 2.45) is 0 Å². The van der Waals surface area contributed by atoms with Crippen LogP contribution in [0.25, 0.3) is 11.2 Å². The summed E-state index contributed by atoms with van der Waals surface area (Å²) < 4.78 is 91.0. The molecule has 0 saturated carbocycles. The summed E-state index contributed by atoms with van der Waals surface area (Å²) in [6, 6.07) is 0. The molecule has 9 atom stereocenters. The Morgan fingerprint density at radius 3 is 2.39 bits per heavy atom. The van der Waals surface area contributed by atoms with Gasteiger partial charge >= 0.3 is 20.8 Å². The lowest BCUT2D eigenvalue weighted by Crippen LogP contribution is -2.59. The number of nitrogens with one attached hydrogen (secondary N) is 1. The lowest BCUT2D eigenvalue weighted by Gasteiger charge is -2.40. The van der Waals surface area contributed by atoms with E-state index in [2.05, 4.69) is 19.1 Å². The van der Waals surface area contributed by atoms with Gasteiger partial charge in [0.05, 0.1) is 19.0 Å². The molecule has 214 valence electrons. The van der Waals surface area contributed by atoms with Crippen LogP contribution in [0, 0.1) is 0 Å². The first-order chi connectivity index (χ1) is 17.6. The van der Waals surface area contributed by atoms with Crippen LogP contribution in [0.15, 0.2) is 11.1 Å². The Hall–Kier alpha value is -2.35. The summed E-state index contributed by atoms with van der Waals surface area (Å²) in [7, 11) is -10.4. The first-order valence-electron chi connectivity index (χ1n) is 10.6. The zero-order valence-corrected chi connectivity index (χ0v) is 20.7. The second-order valence-electron chi connectivity index (χ2n) is 8.32.